The van der Waals surface area contributed by atoms with Crippen LogP contribution in [0.1, 0.15) is 62.1 Å². The second kappa shape index (κ2) is 6.43. The molecule has 3 unspecified atom stereocenters. The Morgan fingerprint density at radius 1 is 1.30 bits per heavy atom. The Morgan fingerprint density at radius 3 is 2.65 bits per heavy atom. The minimum absolute atomic E-state index is 0.195. The molecule has 0 saturated heterocycles. The quantitative estimate of drug-likeness (QED) is 0.830. The van der Waals surface area contributed by atoms with Gasteiger partial charge in [0.05, 0.1) is 0 Å². The summed E-state index contributed by atoms with van der Waals surface area (Å²) in [5.74, 6) is 0.976. The molecule has 2 heteroatoms. The first kappa shape index (κ1) is 15.1. The number of hydrogen-bond acceptors (Lipinski definition) is 1. The van der Waals surface area contributed by atoms with Gasteiger partial charge in [-0.2, -0.15) is 0 Å². The first-order chi connectivity index (χ1) is 9.56. The highest BCUT2D eigenvalue weighted by atomic mass is 16.2. The number of amides is 1. The molecule has 0 bridgehead atoms. The van der Waals surface area contributed by atoms with Gasteiger partial charge in [-0.1, -0.05) is 38.5 Å². The summed E-state index contributed by atoms with van der Waals surface area (Å²) in [6.45, 7) is 8.55. The van der Waals surface area contributed by atoms with Crippen molar-refractivity contribution in [3.05, 3.63) is 34.9 Å². The number of carbonyl (C=O) groups is 1. The zero-order valence-electron chi connectivity index (χ0n) is 13.2. The van der Waals surface area contributed by atoms with Gasteiger partial charge in [0.15, 0.2) is 0 Å². The smallest absolute Gasteiger partial charge is 0.223 e. The minimum Gasteiger partial charge on any atom is -0.352 e. The van der Waals surface area contributed by atoms with Crippen molar-refractivity contribution in [3.8, 4) is 0 Å². The van der Waals surface area contributed by atoms with Crippen molar-refractivity contribution in [2.75, 3.05) is 0 Å². The highest BCUT2D eigenvalue weighted by Crippen LogP contribution is 2.41. The number of aryl methyl sites for hydroxylation is 2. The number of benzene rings is 1. The Hall–Kier alpha value is -1.31. The van der Waals surface area contributed by atoms with Crippen molar-refractivity contribution in [2.24, 2.45) is 5.92 Å². The van der Waals surface area contributed by atoms with Crippen LogP contribution >= 0.6 is 0 Å². The van der Waals surface area contributed by atoms with E-state index in [-0.39, 0.29) is 11.8 Å². The topological polar surface area (TPSA) is 29.1 Å². The van der Waals surface area contributed by atoms with E-state index in [4.69, 9.17) is 0 Å². The molecule has 0 radical (unpaired) electrons. The molecule has 1 aliphatic carbocycles. The molecule has 1 N–H and O–H groups in total. The maximum absolute atomic E-state index is 12.2. The monoisotopic (exact) mass is 273 g/mol. The van der Waals surface area contributed by atoms with E-state index >= 15 is 0 Å². The molecule has 20 heavy (non-hydrogen) atoms. The highest BCUT2D eigenvalue weighted by molar-refractivity contribution is 5.79. The molecule has 0 aromatic heterocycles. The lowest BCUT2D eigenvalue weighted by Crippen LogP contribution is -2.32. The molecular formula is C18H27NO. The maximum atomic E-state index is 12.2. The predicted octanol–water partition coefficient (Wildman–Crippen LogP) is 4.10. The van der Waals surface area contributed by atoms with Gasteiger partial charge in [-0.25, -0.2) is 0 Å². The average Bonchev–Trinajstić information content (AvgIpc) is 3.18. The van der Waals surface area contributed by atoms with E-state index in [1.807, 2.05) is 0 Å². The molecule has 110 valence electrons. The van der Waals surface area contributed by atoms with Crippen LogP contribution in [0.5, 0.6) is 0 Å². The van der Waals surface area contributed by atoms with E-state index in [0.717, 1.165) is 25.7 Å². The molecule has 2 nitrogen and oxygen atoms in total. The molecular weight excluding hydrogens is 246 g/mol. The van der Waals surface area contributed by atoms with Crippen LogP contribution in [0.4, 0.5) is 0 Å². The summed E-state index contributed by atoms with van der Waals surface area (Å²) in [5.41, 5.74) is 4.06. The van der Waals surface area contributed by atoms with Gasteiger partial charge in [0.2, 0.25) is 5.91 Å². The lowest BCUT2D eigenvalue weighted by Gasteiger charge is -2.14. The summed E-state index contributed by atoms with van der Waals surface area (Å²) >= 11 is 0. The zero-order valence-corrected chi connectivity index (χ0v) is 13.2. The fourth-order valence-corrected chi connectivity index (χ4v) is 2.89. The van der Waals surface area contributed by atoms with Crippen LogP contribution in [0, 0.1) is 19.8 Å². The van der Waals surface area contributed by atoms with Gasteiger partial charge >= 0.3 is 0 Å². The van der Waals surface area contributed by atoms with Gasteiger partial charge in [0, 0.05) is 17.9 Å². The summed E-state index contributed by atoms with van der Waals surface area (Å²) in [7, 11) is 0. The predicted molar refractivity (Wildman–Crippen MR) is 83.9 cm³/mol. The normalized spacial score (nSPS) is 22.4. The average molecular weight is 273 g/mol. The zero-order chi connectivity index (χ0) is 14.7. The summed E-state index contributed by atoms with van der Waals surface area (Å²) in [5, 5.41) is 3.23. The second-order valence-electron chi connectivity index (χ2n) is 6.19. The molecule has 1 aromatic carbocycles. The molecule has 1 saturated carbocycles. The first-order valence-electron chi connectivity index (χ1n) is 7.94. The van der Waals surface area contributed by atoms with E-state index < -0.39 is 0 Å². The third-order valence-electron chi connectivity index (χ3n) is 4.58. The number of carbonyl (C=O) groups excluding carboxylic acids is 1. The number of nitrogens with one attached hydrogen (secondary N) is 1. The lowest BCUT2D eigenvalue weighted by molar-refractivity contribution is -0.125. The molecule has 1 aromatic rings. The van der Waals surface area contributed by atoms with Gasteiger partial charge in [-0.3, -0.25) is 4.79 Å². The van der Waals surface area contributed by atoms with E-state index in [1.165, 1.54) is 16.7 Å². The van der Waals surface area contributed by atoms with Crippen molar-refractivity contribution < 1.29 is 4.79 Å². The summed E-state index contributed by atoms with van der Waals surface area (Å²) in [4.78, 5) is 12.2. The van der Waals surface area contributed by atoms with Gasteiger partial charge < -0.3 is 5.32 Å². The maximum Gasteiger partial charge on any atom is 0.223 e. The standard InChI is InChI=1S/C18H27NO/c1-5-7-14(6-2)18(20)19-17-11-16(17)15-9-8-12(3)13(4)10-15/h8-10,14,16-17H,5-7,11H2,1-4H3,(H,19,20). The fraction of sp³-hybridized carbons (Fsp3) is 0.611. The molecule has 3 atom stereocenters. The first-order valence-corrected chi connectivity index (χ1v) is 7.94. The molecule has 2 rings (SSSR count). The van der Waals surface area contributed by atoms with Crippen molar-refractivity contribution in [3.63, 3.8) is 0 Å². The van der Waals surface area contributed by atoms with Crippen LogP contribution in [0.3, 0.4) is 0 Å². The number of rotatable bonds is 6. The highest BCUT2D eigenvalue weighted by Gasteiger charge is 2.40. The van der Waals surface area contributed by atoms with Crippen molar-refractivity contribution in [2.45, 2.75) is 65.3 Å². The summed E-state index contributed by atoms with van der Waals surface area (Å²) in [6, 6.07) is 7.03. The molecule has 1 fully saturated rings. The molecule has 1 amide bonds. The van der Waals surface area contributed by atoms with E-state index in [1.54, 1.807) is 0 Å². The lowest BCUT2D eigenvalue weighted by atomic mass is 9.99. The summed E-state index contributed by atoms with van der Waals surface area (Å²) < 4.78 is 0. The van der Waals surface area contributed by atoms with Crippen LogP contribution in [-0.2, 0) is 4.79 Å². The Kier molecular flexibility index (Phi) is 4.85. The van der Waals surface area contributed by atoms with Gasteiger partial charge in [0.25, 0.3) is 0 Å². The van der Waals surface area contributed by atoms with Crippen LogP contribution in [0.25, 0.3) is 0 Å². The van der Waals surface area contributed by atoms with Crippen LogP contribution in [0.2, 0.25) is 0 Å². The van der Waals surface area contributed by atoms with E-state index in [0.29, 0.717) is 12.0 Å². The molecule has 0 spiro atoms. The SMILES string of the molecule is CCCC(CC)C(=O)NC1CC1c1ccc(C)c(C)c1. The van der Waals surface area contributed by atoms with Crippen LogP contribution < -0.4 is 5.32 Å². The van der Waals surface area contributed by atoms with Crippen LogP contribution in [-0.4, -0.2) is 11.9 Å². The molecule has 1 aliphatic rings. The van der Waals surface area contributed by atoms with E-state index in [9.17, 15) is 4.79 Å². The van der Waals surface area contributed by atoms with E-state index in [2.05, 4.69) is 51.2 Å². The Balaban J connectivity index is 1.91. The minimum atomic E-state index is 0.195. The Bertz CT molecular complexity index is 480. The molecule has 0 aliphatic heterocycles. The van der Waals surface area contributed by atoms with Gasteiger partial charge in [-0.05, 0) is 49.8 Å². The fourth-order valence-electron chi connectivity index (χ4n) is 2.89. The third-order valence-corrected chi connectivity index (χ3v) is 4.58. The Labute approximate surface area is 123 Å². The summed E-state index contributed by atoms with van der Waals surface area (Å²) in [6.07, 6.45) is 4.12. The second-order valence-corrected chi connectivity index (χ2v) is 6.19. The van der Waals surface area contributed by atoms with Crippen molar-refractivity contribution >= 4 is 5.91 Å². The number of hydrogen-bond donors (Lipinski definition) is 1. The third kappa shape index (κ3) is 3.41. The van der Waals surface area contributed by atoms with Crippen molar-refractivity contribution in [1.82, 2.24) is 5.32 Å². The van der Waals surface area contributed by atoms with Gasteiger partial charge in [0.1, 0.15) is 0 Å². The Morgan fingerprint density at radius 2 is 2.05 bits per heavy atom. The molecule has 0 heterocycles. The van der Waals surface area contributed by atoms with Crippen molar-refractivity contribution in [1.29, 1.82) is 0 Å². The van der Waals surface area contributed by atoms with Crippen LogP contribution in [0.15, 0.2) is 18.2 Å². The van der Waals surface area contributed by atoms with Gasteiger partial charge in [-0.15, -0.1) is 0 Å². The largest absolute Gasteiger partial charge is 0.352 e.